The topological polar surface area (TPSA) is 57.7 Å². The molecule has 1 saturated heterocycles. The van der Waals surface area contributed by atoms with Crippen LogP contribution in [-0.2, 0) is 20.6 Å². The summed E-state index contributed by atoms with van der Waals surface area (Å²) in [6.45, 7) is 9.24. The standard InChI is InChI=1S/C22H30N2O3S/c1-15-7-5-6-8-18(15)23-11-12-24(16(2)20(23)26)28(27)14-22-10-9-17(13-19(22)25)21(22,3)4/h5-8,16-17H,9-14H2,1-4H3. The first-order chi connectivity index (χ1) is 13.2. The molecule has 0 N–H and O–H groups in total. The largest absolute Gasteiger partial charge is 0.309 e. The molecule has 0 radical (unpaired) electrons. The van der Waals surface area contributed by atoms with Crippen LogP contribution in [-0.4, -0.2) is 45.1 Å². The molecule has 4 atom stereocenters. The van der Waals surface area contributed by atoms with E-state index in [2.05, 4.69) is 13.8 Å². The maximum Gasteiger partial charge on any atom is 0.245 e. The molecule has 1 aromatic carbocycles. The fourth-order valence-corrected chi connectivity index (χ4v) is 7.63. The van der Waals surface area contributed by atoms with Crippen molar-refractivity contribution >= 4 is 28.4 Å². The van der Waals surface area contributed by atoms with Crippen molar-refractivity contribution in [2.24, 2.45) is 16.7 Å². The smallest absolute Gasteiger partial charge is 0.245 e. The molecule has 3 fully saturated rings. The lowest BCUT2D eigenvalue weighted by molar-refractivity contribution is -0.128. The van der Waals surface area contributed by atoms with Crippen molar-refractivity contribution in [3.8, 4) is 0 Å². The van der Waals surface area contributed by atoms with Crippen LogP contribution in [0.5, 0.6) is 0 Å². The Morgan fingerprint density at radius 3 is 2.50 bits per heavy atom. The van der Waals surface area contributed by atoms with Crippen LogP contribution >= 0.6 is 0 Å². The Hall–Kier alpha value is -1.53. The second kappa shape index (κ2) is 6.77. The number of ketones is 1. The third-order valence-electron chi connectivity index (χ3n) is 7.78. The number of aryl methyl sites for hydroxylation is 1. The summed E-state index contributed by atoms with van der Waals surface area (Å²) < 4.78 is 15.2. The van der Waals surface area contributed by atoms with Crippen LogP contribution in [0.2, 0.25) is 0 Å². The molecule has 6 heteroatoms. The van der Waals surface area contributed by atoms with Gasteiger partial charge in [0, 0.05) is 30.6 Å². The number of carbonyl (C=O) groups excluding carboxylic acids is 2. The summed E-state index contributed by atoms with van der Waals surface area (Å²) in [4.78, 5) is 27.7. The molecule has 4 rings (SSSR count). The third kappa shape index (κ3) is 2.71. The number of hydrogen-bond acceptors (Lipinski definition) is 3. The van der Waals surface area contributed by atoms with E-state index in [1.807, 2.05) is 43.0 Å². The number of nitrogens with zero attached hydrogens (tertiary/aromatic N) is 2. The fourth-order valence-electron chi connectivity index (χ4n) is 5.64. The van der Waals surface area contributed by atoms with Crippen LogP contribution in [0.4, 0.5) is 5.69 Å². The zero-order valence-electron chi connectivity index (χ0n) is 17.2. The maximum atomic E-state index is 13.4. The van der Waals surface area contributed by atoms with Crippen molar-refractivity contribution in [1.82, 2.24) is 4.31 Å². The molecule has 1 amide bonds. The van der Waals surface area contributed by atoms with E-state index in [1.165, 1.54) is 0 Å². The predicted molar refractivity (Wildman–Crippen MR) is 111 cm³/mol. The molecule has 28 heavy (non-hydrogen) atoms. The Balaban J connectivity index is 1.52. The average Bonchev–Trinajstić information content (AvgIpc) is 2.99. The lowest BCUT2D eigenvalue weighted by Crippen LogP contribution is -2.58. The van der Waals surface area contributed by atoms with Gasteiger partial charge in [-0.05, 0) is 49.7 Å². The van der Waals surface area contributed by atoms with Gasteiger partial charge in [0.15, 0.2) is 0 Å². The van der Waals surface area contributed by atoms with Gasteiger partial charge >= 0.3 is 0 Å². The van der Waals surface area contributed by atoms with Crippen LogP contribution in [0.15, 0.2) is 24.3 Å². The summed E-state index contributed by atoms with van der Waals surface area (Å²) in [6.07, 6.45) is 2.51. The highest BCUT2D eigenvalue weighted by molar-refractivity contribution is 7.82. The minimum absolute atomic E-state index is 0.0206. The number of piperazine rings is 1. The van der Waals surface area contributed by atoms with Crippen LogP contribution in [0.1, 0.15) is 45.6 Å². The Bertz CT molecular complexity index is 852. The van der Waals surface area contributed by atoms with Gasteiger partial charge in [-0.25, -0.2) is 8.51 Å². The molecule has 152 valence electrons. The number of para-hydroxylation sites is 1. The normalized spacial score (nSPS) is 33.5. The first kappa shape index (κ1) is 19.8. The van der Waals surface area contributed by atoms with Crippen LogP contribution in [0.3, 0.4) is 0 Å². The summed E-state index contributed by atoms with van der Waals surface area (Å²) >= 11 is 0. The Labute approximate surface area is 170 Å². The first-order valence-corrected chi connectivity index (χ1v) is 11.5. The average molecular weight is 403 g/mol. The van der Waals surface area contributed by atoms with Crippen molar-refractivity contribution in [2.75, 3.05) is 23.7 Å². The summed E-state index contributed by atoms with van der Waals surface area (Å²) in [5.74, 6) is 1.03. The molecule has 2 aliphatic carbocycles. The van der Waals surface area contributed by atoms with Crippen LogP contribution < -0.4 is 4.90 Å². The van der Waals surface area contributed by atoms with Crippen molar-refractivity contribution < 1.29 is 13.8 Å². The van der Waals surface area contributed by atoms with Gasteiger partial charge in [-0.15, -0.1) is 0 Å². The van der Waals surface area contributed by atoms with Crippen molar-refractivity contribution in [3.63, 3.8) is 0 Å². The minimum atomic E-state index is -1.34. The summed E-state index contributed by atoms with van der Waals surface area (Å²) in [5, 5.41) is 0. The van der Waals surface area contributed by atoms with E-state index in [9.17, 15) is 13.8 Å². The number of hydrogen-bond donors (Lipinski definition) is 0. The Morgan fingerprint density at radius 1 is 1.18 bits per heavy atom. The number of Topliss-reactive ketones (excluding diaryl/α,β-unsaturated/α-hetero) is 1. The maximum absolute atomic E-state index is 13.4. The summed E-state index contributed by atoms with van der Waals surface area (Å²) in [7, 11) is -1.34. The molecular weight excluding hydrogens is 372 g/mol. The monoisotopic (exact) mass is 402 g/mol. The molecule has 0 spiro atoms. The highest BCUT2D eigenvalue weighted by atomic mass is 32.2. The van der Waals surface area contributed by atoms with Gasteiger partial charge < -0.3 is 4.90 Å². The van der Waals surface area contributed by atoms with Crippen molar-refractivity contribution in [3.05, 3.63) is 29.8 Å². The molecule has 2 bridgehead atoms. The second-order valence-corrected chi connectivity index (χ2v) is 10.6. The van der Waals surface area contributed by atoms with Gasteiger partial charge in [0.2, 0.25) is 5.91 Å². The van der Waals surface area contributed by atoms with Crippen molar-refractivity contribution in [1.29, 1.82) is 0 Å². The lowest BCUT2D eigenvalue weighted by Gasteiger charge is -2.41. The zero-order valence-corrected chi connectivity index (χ0v) is 18.1. The van der Waals surface area contributed by atoms with E-state index >= 15 is 0 Å². The van der Waals surface area contributed by atoms with E-state index in [0.717, 1.165) is 24.1 Å². The van der Waals surface area contributed by atoms with E-state index < -0.39 is 22.4 Å². The van der Waals surface area contributed by atoms with Gasteiger partial charge in [-0.2, -0.15) is 0 Å². The van der Waals surface area contributed by atoms with Crippen LogP contribution in [0, 0.1) is 23.7 Å². The number of carbonyl (C=O) groups is 2. The predicted octanol–water partition coefficient (Wildman–Crippen LogP) is 3.09. The molecule has 1 heterocycles. The summed E-state index contributed by atoms with van der Waals surface area (Å²) in [5.41, 5.74) is 1.40. The molecule has 1 aromatic rings. The van der Waals surface area contributed by atoms with E-state index in [4.69, 9.17) is 0 Å². The number of anilines is 1. The SMILES string of the molecule is Cc1ccccc1N1CCN(S(=O)CC23CCC(CC2=O)C3(C)C)C(C)C1=O. The van der Waals surface area contributed by atoms with Gasteiger partial charge in [0.1, 0.15) is 5.78 Å². The number of rotatable bonds is 4. The summed E-state index contributed by atoms with van der Waals surface area (Å²) in [6, 6.07) is 7.41. The highest BCUT2D eigenvalue weighted by Crippen LogP contribution is 2.64. The second-order valence-electron chi connectivity index (χ2n) is 9.23. The van der Waals surface area contributed by atoms with Crippen LogP contribution in [0.25, 0.3) is 0 Å². The number of fused-ring (bicyclic) bond motifs is 2. The molecule has 4 unspecified atom stereocenters. The third-order valence-corrected chi connectivity index (χ3v) is 9.54. The molecule has 5 nitrogen and oxygen atoms in total. The number of benzene rings is 1. The molecule has 1 aliphatic heterocycles. The minimum Gasteiger partial charge on any atom is -0.309 e. The molecule has 3 aliphatic rings. The van der Waals surface area contributed by atoms with Gasteiger partial charge in [0.25, 0.3) is 0 Å². The molecule has 2 saturated carbocycles. The first-order valence-electron chi connectivity index (χ1n) is 10.2. The lowest BCUT2D eigenvalue weighted by atomic mass is 9.70. The zero-order chi connectivity index (χ0) is 20.3. The molecular formula is C22H30N2O3S. The Kier molecular flexibility index (Phi) is 4.78. The fraction of sp³-hybridized carbons (Fsp3) is 0.636. The highest BCUT2D eigenvalue weighted by Gasteiger charge is 2.64. The number of amides is 1. The van der Waals surface area contributed by atoms with Gasteiger partial charge in [-0.3, -0.25) is 9.59 Å². The van der Waals surface area contributed by atoms with E-state index in [-0.39, 0.29) is 17.1 Å². The Morgan fingerprint density at radius 2 is 1.89 bits per heavy atom. The van der Waals surface area contributed by atoms with Gasteiger partial charge in [0.05, 0.1) is 22.8 Å². The van der Waals surface area contributed by atoms with Gasteiger partial charge in [-0.1, -0.05) is 32.0 Å². The quantitative estimate of drug-likeness (QED) is 0.778. The van der Waals surface area contributed by atoms with Crippen molar-refractivity contribution in [2.45, 2.75) is 53.0 Å². The molecule has 0 aromatic heterocycles. The van der Waals surface area contributed by atoms with E-state index in [1.54, 1.807) is 4.31 Å². The van der Waals surface area contributed by atoms with E-state index in [0.29, 0.717) is 31.2 Å².